The fraction of sp³-hybridized carbons (Fsp3) is 0.529. The fourth-order valence-corrected chi connectivity index (χ4v) is 18.0. The van der Waals surface area contributed by atoms with E-state index < -0.39 is 35.9 Å². The van der Waals surface area contributed by atoms with Gasteiger partial charge in [-0.25, -0.2) is 0 Å². The van der Waals surface area contributed by atoms with E-state index in [1.807, 2.05) is 0 Å². The van der Waals surface area contributed by atoms with Gasteiger partial charge in [-0.15, -0.1) is 0 Å². The van der Waals surface area contributed by atoms with Crippen molar-refractivity contribution in [2.24, 2.45) is 0 Å². The van der Waals surface area contributed by atoms with Crippen LogP contribution in [0, 0.1) is 0 Å². The highest BCUT2D eigenvalue weighted by molar-refractivity contribution is 6.82. The Kier molecular flexibility index (Phi) is 7.86. The Morgan fingerprint density at radius 2 is 1.29 bits per heavy atom. The summed E-state index contributed by atoms with van der Waals surface area (Å²) < 4.78 is 19.9. The quantitative estimate of drug-likeness (QED) is 0.579. The van der Waals surface area contributed by atoms with Gasteiger partial charge >= 0.3 is 8.56 Å². The number of rotatable bonds is 8. The summed E-state index contributed by atoms with van der Waals surface area (Å²) in [4.78, 5) is 0. The molecule has 134 valence electrons. The van der Waals surface area contributed by atoms with Crippen molar-refractivity contribution in [1.29, 1.82) is 0 Å². The molecular weight excluding hydrogens is 365 g/mol. The zero-order valence-electron chi connectivity index (χ0n) is 15.6. The van der Waals surface area contributed by atoms with Crippen molar-refractivity contribution in [3.63, 3.8) is 0 Å². The standard InChI is InChI=1S/C17H32O3Si4/c1-21(2)18-23(5)20-24(19-22(3)4,16-12-8-6-9-13-16)17-14-10-7-11-15-17/h6-12,14,16-17,21-23H,13,15H2,1-5H3. The van der Waals surface area contributed by atoms with Crippen LogP contribution in [0.1, 0.15) is 12.8 Å². The number of hydrogen-bond acceptors (Lipinski definition) is 3. The highest BCUT2D eigenvalue weighted by Gasteiger charge is 2.51. The first-order valence-electron chi connectivity index (χ1n) is 9.11. The normalized spacial score (nSPS) is 27.0. The molecule has 0 spiro atoms. The van der Waals surface area contributed by atoms with Crippen LogP contribution >= 0.6 is 0 Å². The zero-order valence-corrected chi connectivity index (χ0v) is 20.1. The fourth-order valence-electron chi connectivity index (χ4n) is 3.45. The van der Waals surface area contributed by atoms with Gasteiger partial charge < -0.3 is 12.3 Å². The molecular formula is C17H32O3Si4. The molecule has 0 aliphatic heterocycles. The molecule has 3 atom stereocenters. The van der Waals surface area contributed by atoms with E-state index in [-0.39, 0.29) is 0 Å². The molecule has 0 heterocycles. The summed E-state index contributed by atoms with van der Waals surface area (Å²) in [6, 6.07) is 0. The lowest BCUT2D eigenvalue weighted by molar-refractivity contribution is 0.326. The van der Waals surface area contributed by atoms with E-state index in [4.69, 9.17) is 12.3 Å². The zero-order chi connectivity index (χ0) is 17.6. The van der Waals surface area contributed by atoms with Gasteiger partial charge in [0.2, 0.25) is 0 Å². The van der Waals surface area contributed by atoms with Crippen LogP contribution in [0.4, 0.5) is 0 Å². The molecule has 7 heteroatoms. The van der Waals surface area contributed by atoms with E-state index in [1.165, 1.54) is 0 Å². The van der Waals surface area contributed by atoms with Gasteiger partial charge in [-0.05, 0) is 45.6 Å². The lowest BCUT2D eigenvalue weighted by Gasteiger charge is -2.44. The lowest BCUT2D eigenvalue weighted by atomic mass is 10.2. The van der Waals surface area contributed by atoms with Crippen LogP contribution in [0.3, 0.4) is 0 Å². The van der Waals surface area contributed by atoms with E-state index in [9.17, 15) is 0 Å². The summed E-state index contributed by atoms with van der Waals surface area (Å²) in [7, 11) is -6.44. The van der Waals surface area contributed by atoms with E-state index in [0.717, 1.165) is 12.8 Å². The molecule has 0 aromatic carbocycles. The third kappa shape index (κ3) is 5.35. The summed E-state index contributed by atoms with van der Waals surface area (Å²) >= 11 is 0. The minimum absolute atomic E-state index is 0.380. The summed E-state index contributed by atoms with van der Waals surface area (Å²) in [6.07, 6.45) is 19.8. The molecule has 0 aromatic heterocycles. The Morgan fingerprint density at radius 1 is 0.750 bits per heavy atom. The van der Waals surface area contributed by atoms with Gasteiger partial charge in [0, 0.05) is 11.1 Å². The second-order valence-corrected chi connectivity index (χ2v) is 18.3. The van der Waals surface area contributed by atoms with Gasteiger partial charge in [-0.1, -0.05) is 48.6 Å². The number of hydrogen-bond donors (Lipinski definition) is 0. The maximum atomic E-state index is 6.87. The molecule has 0 bridgehead atoms. The molecule has 3 nitrogen and oxygen atoms in total. The van der Waals surface area contributed by atoms with Gasteiger partial charge in [0.15, 0.2) is 18.1 Å². The Bertz CT molecular complexity index is 484. The molecule has 0 amide bonds. The second kappa shape index (κ2) is 9.42. The van der Waals surface area contributed by atoms with E-state index in [1.54, 1.807) is 0 Å². The van der Waals surface area contributed by atoms with Crippen molar-refractivity contribution in [2.45, 2.75) is 56.7 Å². The minimum Gasteiger partial charge on any atom is -0.442 e. The predicted molar refractivity (Wildman–Crippen MR) is 113 cm³/mol. The third-order valence-corrected chi connectivity index (χ3v) is 17.0. The van der Waals surface area contributed by atoms with Crippen molar-refractivity contribution < 1.29 is 12.3 Å². The van der Waals surface area contributed by atoms with Crippen LogP contribution in [-0.2, 0) is 12.3 Å². The van der Waals surface area contributed by atoms with Crippen molar-refractivity contribution in [2.75, 3.05) is 0 Å². The monoisotopic (exact) mass is 396 g/mol. The van der Waals surface area contributed by atoms with Crippen molar-refractivity contribution in [3.8, 4) is 0 Å². The van der Waals surface area contributed by atoms with Crippen LogP contribution in [0.5, 0.6) is 0 Å². The van der Waals surface area contributed by atoms with Gasteiger partial charge in [0.1, 0.15) is 0 Å². The molecule has 2 aliphatic rings. The van der Waals surface area contributed by atoms with Crippen LogP contribution in [-0.4, -0.2) is 35.9 Å². The second-order valence-electron chi connectivity index (χ2n) is 7.07. The summed E-state index contributed by atoms with van der Waals surface area (Å²) in [6.45, 7) is 11.2. The molecule has 0 radical (unpaired) electrons. The molecule has 2 rings (SSSR count). The SMILES string of the molecule is C[SiH](C)O[SiH](C)O[Si](O[SiH](C)C)(C1C=CC=CC1)C1C=CC=CC1. The van der Waals surface area contributed by atoms with Gasteiger partial charge in [-0.2, -0.15) is 0 Å². The molecule has 0 aromatic rings. The third-order valence-electron chi connectivity index (χ3n) is 4.23. The van der Waals surface area contributed by atoms with Crippen molar-refractivity contribution in [3.05, 3.63) is 48.6 Å². The van der Waals surface area contributed by atoms with Gasteiger partial charge in [-0.3, -0.25) is 0 Å². The summed E-state index contributed by atoms with van der Waals surface area (Å²) in [5.41, 5.74) is 0.761. The van der Waals surface area contributed by atoms with Crippen LogP contribution in [0.2, 0.25) is 43.8 Å². The maximum absolute atomic E-state index is 6.87. The van der Waals surface area contributed by atoms with E-state index >= 15 is 0 Å². The lowest BCUT2D eigenvalue weighted by Crippen LogP contribution is -2.56. The van der Waals surface area contributed by atoms with Gasteiger partial charge in [0.05, 0.1) is 0 Å². The molecule has 0 saturated heterocycles. The highest BCUT2D eigenvalue weighted by Crippen LogP contribution is 2.44. The Hall–Kier alpha value is -0.292. The van der Waals surface area contributed by atoms with Crippen LogP contribution in [0.15, 0.2) is 48.6 Å². The smallest absolute Gasteiger partial charge is 0.333 e. The first kappa shape index (κ1) is 20.0. The largest absolute Gasteiger partial charge is 0.442 e. The first-order valence-corrected chi connectivity index (χ1v) is 18.7. The molecule has 0 fully saturated rings. The van der Waals surface area contributed by atoms with Crippen LogP contribution in [0.25, 0.3) is 0 Å². The molecule has 0 N–H and O–H groups in total. The minimum atomic E-state index is -2.44. The van der Waals surface area contributed by atoms with E-state index in [2.05, 4.69) is 81.3 Å². The number of allylic oxidation sites excluding steroid dienone is 8. The molecule has 24 heavy (non-hydrogen) atoms. The van der Waals surface area contributed by atoms with Crippen molar-refractivity contribution >= 4 is 35.9 Å². The first-order chi connectivity index (χ1) is 11.4. The average Bonchev–Trinajstić information content (AvgIpc) is 2.54. The molecule has 2 aliphatic carbocycles. The van der Waals surface area contributed by atoms with Crippen LogP contribution < -0.4 is 0 Å². The summed E-state index contributed by atoms with van der Waals surface area (Å²) in [5.74, 6) is 0. The Morgan fingerprint density at radius 3 is 1.67 bits per heavy atom. The highest BCUT2D eigenvalue weighted by atomic mass is 28.5. The van der Waals surface area contributed by atoms with E-state index in [0.29, 0.717) is 11.1 Å². The predicted octanol–water partition coefficient (Wildman–Crippen LogP) is 4.07. The molecule has 0 saturated carbocycles. The van der Waals surface area contributed by atoms with Crippen molar-refractivity contribution in [1.82, 2.24) is 0 Å². The molecule has 3 unspecified atom stereocenters. The Balaban J connectivity index is 2.34. The summed E-state index contributed by atoms with van der Waals surface area (Å²) in [5, 5.41) is 0. The maximum Gasteiger partial charge on any atom is 0.333 e. The average molecular weight is 397 g/mol. The topological polar surface area (TPSA) is 27.7 Å². The Labute approximate surface area is 153 Å². The van der Waals surface area contributed by atoms with Gasteiger partial charge in [0.25, 0.3) is 9.28 Å².